The standard InChI is InChI=1S/C19H28N6O2/c1-11(2)9-16-20-19(25-23-16)21-17(26)10-15-12(3)22-24-18(15)13-5-7-14(27-4)8-6-13/h5-8,11-12,15,18,22,24H,9-10H2,1-4H3,(H2,20,21,23,25,26). The Kier molecular flexibility index (Phi) is 6.08. The number of hydrogen-bond donors (Lipinski definition) is 4. The first kappa shape index (κ1) is 19.3. The Morgan fingerprint density at radius 3 is 2.67 bits per heavy atom. The van der Waals surface area contributed by atoms with Gasteiger partial charge in [0.1, 0.15) is 11.6 Å². The fourth-order valence-corrected chi connectivity index (χ4v) is 3.38. The van der Waals surface area contributed by atoms with Crippen LogP contribution < -0.4 is 20.9 Å². The molecule has 3 atom stereocenters. The van der Waals surface area contributed by atoms with Crippen LogP contribution in [0, 0.1) is 11.8 Å². The molecule has 8 heteroatoms. The van der Waals surface area contributed by atoms with Crippen LogP contribution in [0.3, 0.4) is 0 Å². The van der Waals surface area contributed by atoms with E-state index in [0.717, 1.165) is 23.6 Å². The number of H-pyrrole nitrogens is 1. The fraction of sp³-hybridized carbons (Fsp3) is 0.526. The molecule has 3 unspecified atom stereocenters. The number of ether oxygens (including phenoxy) is 1. The molecule has 3 rings (SSSR count). The van der Waals surface area contributed by atoms with Crippen LogP contribution >= 0.6 is 0 Å². The minimum Gasteiger partial charge on any atom is -0.497 e. The second-order valence-electron chi connectivity index (χ2n) is 7.45. The number of hydrogen-bond acceptors (Lipinski definition) is 6. The van der Waals surface area contributed by atoms with Crippen molar-refractivity contribution >= 4 is 11.9 Å². The average molecular weight is 372 g/mol. The predicted octanol–water partition coefficient (Wildman–Crippen LogP) is 2.19. The zero-order chi connectivity index (χ0) is 19.4. The van der Waals surface area contributed by atoms with Crippen LogP contribution in [0.5, 0.6) is 5.75 Å². The van der Waals surface area contributed by atoms with E-state index < -0.39 is 0 Å². The predicted molar refractivity (Wildman–Crippen MR) is 103 cm³/mol. The monoisotopic (exact) mass is 372 g/mol. The third-order valence-corrected chi connectivity index (χ3v) is 4.82. The van der Waals surface area contributed by atoms with E-state index in [4.69, 9.17) is 4.74 Å². The van der Waals surface area contributed by atoms with Crippen LogP contribution in [-0.2, 0) is 11.2 Å². The van der Waals surface area contributed by atoms with E-state index in [1.165, 1.54) is 0 Å². The minimum atomic E-state index is -0.0917. The molecule has 0 radical (unpaired) electrons. The maximum Gasteiger partial charge on any atom is 0.248 e. The number of nitrogens with zero attached hydrogens (tertiary/aromatic N) is 2. The van der Waals surface area contributed by atoms with Crippen molar-refractivity contribution in [1.29, 1.82) is 0 Å². The molecule has 1 amide bonds. The van der Waals surface area contributed by atoms with Gasteiger partial charge in [-0.05, 0) is 30.5 Å². The maximum atomic E-state index is 12.5. The van der Waals surface area contributed by atoms with Gasteiger partial charge in [-0.25, -0.2) is 5.43 Å². The highest BCUT2D eigenvalue weighted by Crippen LogP contribution is 2.32. The summed E-state index contributed by atoms with van der Waals surface area (Å²) in [5, 5.41) is 9.77. The Morgan fingerprint density at radius 2 is 2.00 bits per heavy atom. The Morgan fingerprint density at radius 1 is 1.26 bits per heavy atom. The molecule has 27 heavy (non-hydrogen) atoms. The number of aromatic amines is 1. The second kappa shape index (κ2) is 8.49. The lowest BCUT2D eigenvalue weighted by atomic mass is 9.87. The van der Waals surface area contributed by atoms with Crippen molar-refractivity contribution < 1.29 is 9.53 Å². The van der Waals surface area contributed by atoms with Crippen molar-refractivity contribution in [1.82, 2.24) is 26.0 Å². The number of amides is 1. The van der Waals surface area contributed by atoms with E-state index in [-0.39, 0.29) is 23.9 Å². The van der Waals surface area contributed by atoms with Gasteiger partial charge in [0.25, 0.3) is 0 Å². The lowest BCUT2D eigenvalue weighted by Crippen LogP contribution is -2.29. The highest BCUT2D eigenvalue weighted by Gasteiger charge is 2.35. The molecular formula is C19H28N6O2. The van der Waals surface area contributed by atoms with Crippen molar-refractivity contribution in [2.24, 2.45) is 11.8 Å². The molecule has 1 aliphatic rings. The van der Waals surface area contributed by atoms with Gasteiger partial charge in [0.05, 0.1) is 13.2 Å². The van der Waals surface area contributed by atoms with Crippen molar-refractivity contribution in [3.63, 3.8) is 0 Å². The van der Waals surface area contributed by atoms with Crippen LogP contribution in [0.15, 0.2) is 24.3 Å². The number of methoxy groups -OCH3 is 1. The number of hydrazine groups is 1. The third kappa shape index (κ3) is 4.84. The van der Waals surface area contributed by atoms with E-state index in [9.17, 15) is 4.79 Å². The lowest BCUT2D eigenvalue weighted by Gasteiger charge is -2.20. The van der Waals surface area contributed by atoms with E-state index in [1.54, 1.807) is 7.11 Å². The zero-order valence-electron chi connectivity index (χ0n) is 16.2. The number of nitrogens with one attached hydrogen (secondary N) is 4. The molecule has 2 heterocycles. The molecule has 0 aliphatic carbocycles. The Hall–Kier alpha value is -2.45. The molecule has 0 saturated carbocycles. The van der Waals surface area contributed by atoms with Crippen LogP contribution in [-0.4, -0.2) is 34.2 Å². The summed E-state index contributed by atoms with van der Waals surface area (Å²) in [6.45, 7) is 6.30. The van der Waals surface area contributed by atoms with Crippen molar-refractivity contribution in [3.8, 4) is 5.75 Å². The highest BCUT2D eigenvalue weighted by molar-refractivity contribution is 5.89. The van der Waals surface area contributed by atoms with Gasteiger partial charge >= 0.3 is 0 Å². The average Bonchev–Trinajstić information content (AvgIpc) is 3.21. The van der Waals surface area contributed by atoms with Gasteiger partial charge in [-0.3, -0.25) is 20.6 Å². The van der Waals surface area contributed by atoms with Crippen LogP contribution in [0.25, 0.3) is 0 Å². The van der Waals surface area contributed by atoms with E-state index in [0.29, 0.717) is 18.3 Å². The maximum absolute atomic E-state index is 12.5. The molecule has 1 aliphatic heterocycles. The quantitative estimate of drug-likeness (QED) is 0.594. The Bertz CT molecular complexity index is 758. The number of rotatable bonds is 7. The topological polar surface area (TPSA) is 104 Å². The highest BCUT2D eigenvalue weighted by atomic mass is 16.5. The van der Waals surface area contributed by atoms with Gasteiger partial charge in [0.2, 0.25) is 11.9 Å². The zero-order valence-corrected chi connectivity index (χ0v) is 16.2. The molecule has 2 aromatic rings. The van der Waals surface area contributed by atoms with E-state index >= 15 is 0 Å². The fourth-order valence-electron chi connectivity index (χ4n) is 3.38. The summed E-state index contributed by atoms with van der Waals surface area (Å²) in [4.78, 5) is 16.9. The molecule has 4 N–H and O–H groups in total. The molecule has 1 fully saturated rings. The summed E-state index contributed by atoms with van der Waals surface area (Å²) in [5.41, 5.74) is 7.65. The van der Waals surface area contributed by atoms with Crippen molar-refractivity contribution in [3.05, 3.63) is 35.7 Å². The Balaban J connectivity index is 1.63. The first-order chi connectivity index (χ1) is 13.0. The first-order valence-electron chi connectivity index (χ1n) is 9.32. The molecule has 0 bridgehead atoms. The van der Waals surface area contributed by atoms with Gasteiger partial charge in [0.15, 0.2) is 0 Å². The lowest BCUT2D eigenvalue weighted by molar-refractivity contribution is -0.117. The van der Waals surface area contributed by atoms with E-state index in [1.807, 2.05) is 24.3 Å². The van der Waals surface area contributed by atoms with Crippen LogP contribution in [0.4, 0.5) is 5.95 Å². The van der Waals surface area contributed by atoms with Crippen molar-refractivity contribution in [2.45, 2.75) is 45.7 Å². The number of carbonyl (C=O) groups excluding carboxylic acids is 1. The molecule has 146 valence electrons. The SMILES string of the molecule is COc1ccc(C2NNC(C)C2CC(=O)Nc2n[nH]c(CC(C)C)n2)cc1. The number of anilines is 1. The molecular weight excluding hydrogens is 344 g/mol. The minimum absolute atomic E-state index is 0.0419. The largest absolute Gasteiger partial charge is 0.497 e. The number of aromatic nitrogens is 3. The normalized spacial score (nSPS) is 22.2. The van der Waals surface area contributed by atoms with Gasteiger partial charge < -0.3 is 4.74 Å². The summed E-state index contributed by atoms with van der Waals surface area (Å²) in [7, 11) is 1.65. The summed E-state index contributed by atoms with van der Waals surface area (Å²) in [6.07, 6.45) is 1.17. The first-order valence-corrected chi connectivity index (χ1v) is 9.32. The Labute approximate surface area is 159 Å². The third-order valence-electron chi connectivity index (χ3n) is 4.82. The molecule has 8 nitrogen and oxygen atoms in total. The van der Waals surface area contributed by atoms with Crippen LogP contribution in [0.1, 0.15) is 44.6 Å². The number of carbonyl (C=O) groups is 1. The second-order valence-corrected chi connectivity index (χ2v) is 7.45. The molecule has 0 spiro atoms. The van der Waals surface area contributed by atoms with E-state index in [2.05, 4.69) is 52.1 Å². The van der Waals surface area contributed by atoms with Crippen LogP contribution in [0.2, 0.25) is 0 Å². The van der Waals surface area contributed by atoms with Gasteiger partial charge in [-0.2, -0.15) is 4.98 Å². The molecule has 1 aromatic carbocycles. The summed E-state index contributed by atoms with van der Waals surface area (Å²) in [5.74, 6) is 2.42. The summed E-state index contributed by atoms with van der Waals surface area (Å²) >= 11 is 0. The smallest absolute Gasteiger partial charge is 0.248 e. The van der Waals surface area contributed by atoms with Gasteiger partial charge in [-0.1, -0.05) is 26.0 Å². The number of benzene rings is 1. The summed E-state index contributed by atoms with van der Waals surface area (Å²) in [6, 6.07) is 8.11. The molecule has 1 aromatic heterocycles. The van der Waals surface area contributed by atoms with Crippen molar-refractivity contribution in [2.75, 3.05) is 12.4 Å². The summed E-state index contributed by atoms with van der Waals surface area (Å²) < 4.78 is 5.22. The molecule has 1 saturated heterocycles. The van der Waals surface area contributed by atoms with Gasteiger partial charge in [0, 0.05) is 24.8 Å². The van der Waals surface area contributed by atoms with Gasteiger partial charge in [-0.15, -0.1) is 5.10 Å².